The quantitative estimate of drug-likeness (QED) is 0.647. The van der Waals surface area contributed by atoms with Crippen LogP contribution in [0.15, 0.2) is 6.07 Å². The van der Waals surface area contributed by atoms with Gasteiger partial charge in [0.05, 0.1) is 30.5 Å². The number of nitriles is 1. The lowest BCUT2D eigenvalue weighted by molar-refractivity contribution is 0.237. The normalized spacial score (nSPS) is 16.3. The third-order valence-electron chi connectivity index (χ3n) is 2.58. The summed E-state index contributed by atoms with van der Waals surface area (Å²) >= 11 is 0. The van der Waals surface area contributed by atoms with Crippen LogP contribution < -0.4 is 0 Å². The van der Waals surface area contributed by atoms with Crippen LogP contribution in [0.2, 0.25) is 0 Å². The van der Waals surface area contributed by atoms with E-state index in [-0.39, 0.29) is 0 Å². The standard InChI is InChI=1S/C10H14N4/c1-2-9-7-10-8-13(4-3-11)5-6-14(10)12-9/h7H,2,4-6,8H2,1H3. The fraction of sp³-hybridized carbons (Fsp3) is 0.600. The van der Waals surface area contributed by atoms with E-state index < -0.39 is 0 Å². The van der Waals surface area contributed by atoms with Gasteiger partial charge in [-0.05, 0) is 12.5 Å². The van der Waals surface area contributed by atoms with E-state index in [1.165, 1.54) is 5.69 Å². The topological polar surface area (TPSA) is 44.9 Å². The van der Waals surface area contributed by atoms with Gasteiger partial charge in [0.15, 0.2) is 0 Å². The molecule has 2 heterocycles. The maximum absolute atomic E-state index is 8.60. The summed E-state index contributed by atoms with van der Waals surface area (Å²) in [7, 11) is 0. The predicted molar refractivity (Wildman–Crippen MR) is 52.5 cm³/mol. The van der Waals surface area contributed by atoms with E-state index in [4.69, 9.17) is 5.26 Å². The molecule has 0 saturated carbocycles. The fourth-order valence-electron chi connectivity index (χ4n) is 1.79. The van der Waals surface area contributed by atoms with Crippen LogP contribution in [-0.4, -0.2) is 27.8 Å². The zero-order valence-corrected chi connectivity index (χ0v) is 8.40. The Balaban J connectivity index is 2.14. The molecule has 14 heavy (non-hydrogen) atoms. The number of hydrogen-bond acceptors (Lipinski definition) is 3. The van der Waals surface area contributed by atoms with Crippen molar-refractivity contribution in [3.8, 4) is 6.07 Å². The van der Waals surface area contributed by atoms with Crippen molar-refractivity contribution in [3.63, 3.8) is 0 Å². The minimum absolute atomic E-state index is 0.520. The van der Waals surface area contributed by atoms with Crippen LogP contribution in [0.5, 0.6) is 0 Å². The Labute approximate surface area is 83.7 Å². The van der Waals surface area contributed by atoms with E-state index in [9.17, 15) is 0 Å². The van der Waals surface area contributed by atoms with Crippen LogP contribution in [0.3, 0.4) is 0 Å². The first-order valence-corrected chi connectivity index (χ1v) is 4.98. The predicted octanol–water partition coefficient (Wildman–Crippen LogP) is 0.785. The van der Waals surface area contributed by atoms with Gasteiger partial charge < -0.3 is 0 Å². The SMILES string of the molecule is CCc1cc2n(n1)CCN(CC#N)C2. The molecule has 1 aliphatic heterocycles. The number of aromatic nitrogens is 2. The van der Waals surface area contributed by atoms with E-state index in [0.717, 1.165) is 31.7 Å². The van der Waals surface area contributed by atoms with Gasteiger partial charge in [-0.1, -0.05) is 6.92 Å². The van der Waals surface area contributed by atoms with Crippen LogP contribution in [0.4, 0.5) is 0 Å². The van der Waals surface area contributed by atoms with Crippen molar-refractivity contribution < 1.29 is 0 Å². The van der Waals surface area contributed by atoms with Crippen molar-refractivity contribution in [2.75, 3.05) is 13.1 Å². The molecule has 0 spiro atoms. The Morgan fingerprint density at radius 1 is 1.57 bits per heavy atom. The summed E-state index contributed by atoms with van der Waals surface area (Å²) in [5.74, 6) is 0. The van der Waals surface area contributed by atoms with Crippen molar-refractivity contribution in [3.05, 3.63) is 17.5 Å². The number of fused-ring (bicyclic) bond motifs is 1. The summed E-state index contributed by atoms with van der Waals surface area (Å²) in [4.78, 5) is 2.15. The van der Waals surface area contributed by atoms with Crippen molar-refractivity contribution in [1.29, 1.82) is 5.26 Å². The van der Waals surface area contributed by atoms with Crippen LogP contribution in [0, 0.1) is 11.3 Å². The molecule has 0 aliphatic carbocycles. The summed E-state index contributed by atoms with van der Waals surface area (Å²) in [5.41, 5.74) is 2.39. The number of nitrogens with zero attached hydrogens (tertiary/aromatic N) is 4. The Kier molecular flexibility index (Phi) is 2.51. The van der Waals surface area contributed by atoms with E-state index in [1.807, 2.05) is 0 Å². The lowest BCUT2D eigenvalue weighted by Crippen LogP contribution is -2.33. The number of aryl methyl sites for hydroxylation is 1. The first-order chi connectivity index (χ1) is 6.83. The molecular formula is C10H14N4. The minimum Gasteiger partial charge on any atom is -0.283 e. The molecule has 2 rings (SSSR count). The van der Waals surface area contributed by atoms with Gasteiger partial charge in [-0.2, -0.15) is 10.4 Å². The zero-order valence-electron chi connectivity index (χ0n) is 8.40. The van der Waals surface area contributed by atoms with Crippen molar-refractivity contribution >= 4 is 0 Å². The molecular weight excluding hydrogens is 176 g/mol. The van der Waals surface area contributed by atoms with E-state index in [1.54, 1.807) is 0 Å². The second kappa shape index (κ2) is 3.81. The minimum atomic E-state index is 0.520. The molecule has 74 valence electrons. The van der Waals surface area contributed by atoms with Crippen molar-refractivity contribution in [1.82, 2.24) is 14.7 Å². The molecule has 0 aromatic carbocycles. The fourth-order valence-corrected chi connectivity index (χ4v) is 1.79. The van der Waals surface area contributed by atoms with Gasteiger partial charge in [0.25, 0.3) is 0 Å². The van der Waals surface area contributed by atoms with E-state index in [2.05, 4.69) is 33.7 Å². The molecule has 4 heteroatoms. The average molecular weight is 190 g/mol. The summed E-state index contributed by atoms with van der Waals surface area (Å²) in [6.45, 7) is 5.34. The highest BCUT2D eigenvalue weighted by atomic mass is 15.3. The molecule has 1 aromatic heterocycles. The zero-order chi connectivity index (χ0) is 9.97. The molecule has 0 saturated heterocycles. The first-order valence-electron chi connectivity index (χ1n) is 4.98. The molecule has 4 nitrogen and oxygen atoms in total. The van der Waals surface area contributed by atoms with Crippen LogP contribution in [0.1, 0.15) is 18.3 Å². The molecule has 0 N–H and O–H groups in total. The van der Waals surface area contributed by atoms with Crippen molar-refractivity contribution in [2.24, 2.45) is 0 Å². The van der Waals surface area contributed by atoms with E-state index in [0.29, 0.717) is 6.54 Å². The summed E-state index contributed by atoms with van der Waals surface area (Å²) < 4.78 is 2.06. The highest BCUT2D eigenvalue weighted by Gasteiger charge is 2.16. The van der Waals surface area contributed by atoms with E-state index >= 15 is 0 Å². The lowest BCUT2D eigenvalue weighted by Gasteiger charge is -2.24. The van der Waals surface area contributed by atoms with Gasteiger partial charge in [-0.25, -0.2) is 0 Å². The van der Waals surface area contributed by atoms with Crippen LogP contribution >= 0.6 is 0 Å². The molecule has 0 fully saturated rings. The van der Waals surface area contributed by atoms with Gasteiger partial charge >= 0.3 is 0 Å². The van der Waals surface area contributed by atoms with Crippen LogP contribution in [0.25, 0.3) is 0 Å². The van der Waals surface area contributed by atoms with Crippen molar-refractivity contribution in [2.45, 2.75) is 26.4 Å². The third-order valence-corrected chi connectivity index (χ3v) is 2.58. The van der Waals surface area contributed by atoms with Gasteiger partial charge in [0.1, 0.15) is 0 Å². The molecule has 1 aromatic rings. The van der Waals surface area contributed by atoms with Gasteiger partial charge in [0.2, 0.25) is 0 Å². The molecule has 0 unspecified atom stereocenters. The first kappa shape index (κ1) is 9.22. The Bertz CT molecular complexity index is 361. The highest BCUT2D eigenvalue weighted by Crippen LogP contribution is 2.13. The Morgan fingerprint density at radius 2 is 2.43 bits per heavy atom. The molecule has 0 bridgehead atoms. The van der Waals surface area contributed by atoms with Gasteiger partial charge in [-0.3, -0.25) is 9.58 Å². The second-order valence-electron chi connectivity index (χ2n) is 3.57. The molecule has 1 aliphatic rings. The summed E-state index contributed by atoms with van der Waals surface area (Å²) in [5, 5.41) is 13.1. The second-order valence-corrected chi connectivity index (χ2v) is 3.57. The number of hydrogen-bond donors (Lipinski definition) is 0. The summed E-state index contributed by atoms with van der Waals surface area (Å²) in [6.07, 6.45) is 0.984. The van der Waals surface area contributed by atoms with Gasteiger partial charge in [0, 0.05) is 13.1 Å². The Hall–Kier alpha value is -1.34. The molecule has 0 amide bonds. The maximum atomic E-state index is 8.60. The smallest absolute Gasteiger partial charge is 0.0870 e. The highest BCUT2D eigenvalue weighted by molar-refractivity contribution is 5.12. The molecule has 0 radical (unpaired) electrons. The largest absolute Gasteiger partial charge is 0.283 e. The van der Waals surface area contributed by atoms with Gasteiger partial charge in [-0.15, -0.1) is 0 Å². The Morgan fingerprint density at radius 3 is 3.14 bits per heavy atom. The lowest BCUT2D eigenvalue weighted by atomic mass is 10.2. The number of rotatable bonds is 2. The summed E-state index contributed by atoms with van der Waals surface area (Å²) in [6, 6.07) is 4.33. The van der Waals surface area contributed by atoms with Crippen LogP contribution in [-0.2, 0) is 19.5 Å². The monoisotopic (exact) mass is 190 g/mol. The third kappa shape index (κ3) is 1.64. The molecule has 0 atom stereocenters. The average Bonchev–Trinajstić information content (AvgIpc) is 2.60. The maximum Gasteiger partial charge on any atom is 0.0870 e.